The van der Waals surface area contributed by atoms with E-state index in [1.54, 1.807) is 0 Å². The lowest BCUT2D eigenvalue weighted by molar-refractivity contribution is 0.637. The molecule has 18 heavy (non-hydrogen) atoms. The third-order valence-electron chi connectivity index (χ3n) is 2.63. The first kappa shape index (κ1) is 14.1. The van der Waals surface area contributed by atoms with Gasteiger partial charge in [-0.2, -0.15) is 0 Å². The van der Waals surface area contributed by atoms with Crippen molar-refractivity contribution in [2.75, 3.05) is 0 Å². The first-order valence-electron chi connectivity index (χ1n) is 5.28. The van der Waals surface area contributed by atoms with Crippen molar-refractivity contribution >= 4 is 45.8 Å². The Hall–Kier alpha value is -0.330. The van der Waals surface area contributed by atoms with Gasteiger partial charge in [0.2, 0.25) is 0 Å². The molecule has 0 spiro atoms. The van der Waals surface area contributed by atoms with E-state index in [1.807, 2.05) is 42.5 Å². The fraction of sp³-hybridized carbons (Fsp3) is 0.0769. The zero-order valence-corrected chi connectivity index (χ0v) is 13.0. The molecular formula is C13H11Cl2IN2. The molecule has 94 valence electrons. The molecule has 2 aromatic carbocycles. The molecular weight excluding hydrogens is 382 g/mol. The highest BCUT2D eigenvalue weighted by molar-refractivity contribution is 14.1. The van der Waals surface area contributed by atoms with Crippen LogP contribution in [0.25, 0.3) is 0 Å². The van der Waals surface area contributed by atoms with Crippen LogP contribution in [0.5, 0.6) is 0 Å². The lowest BCUT2D eigenvalue weighted by Crippen LogP contribution is -2.28. The molecule has 5 heteroatoms. The Bertz CT molecular complexity index is 560. The van der Waals surface area contributed by atoms with E-state index in [9.17, 15) is 0 Å². The number of halogens is 3. The topological polar surface area (TPSA) is 38.0 Å². The van der Waals surface area contributed by atoms with Gasteiger partial charge in [0.25, 0.3) is 0 Å². The van der Waals surface area contributed by atoms with Gasteiger partial charge in [-0.05, 0) is 58.0 Å². The van der Waals surface area contributed by atoms with E-state index in [4.69, 9.17) is 29.0 Å². The molecule has 1 atom stereocenters. The smallest absolute Gasteiger partial charge is 0.0711 e. The molecule has 0 bridgehead atoms. The number of hydrogen-bond donors (Lipinski definition) is 2. The molecule has 0 amide bonds. The van der Waals surface area contributed by atoms with Crippen molar-refractivity contribution in [1.82, 2.24) is 5.43 Å². The van der Waals surface area contributed by atoms with E-state index in [0.717, 1.165) is 19.7 Å². The van der Waals surface area contributed by atoms with Crippen molar-refractivity contribution in [3.05, 3.63) is 67.2 Å². The monoisotopic (exact) mass is 392 g/mol. The molecule has 3 N–H and O–H groups in total. The van der Waals surface area contributed by atoms with Crippen LogP contribution in [-0.2, 0) is 0 Å². The normalized spacial score (nSPS) is 12.4. The Morgan fingerprint density at radius 3 is 2.39 bits per heavy atom. The molecule has 0 aliphatic heterocycles. The van der Waals surface area contributed by atoms with Crippen molar-refractivity contribution in [2.24, 2.45) is 5.84 Å². The van der Waals surface area contributed by atoms with Crippen LogP contribution in [0.1, 0.15) is 17.2 Å². The van der Waals surface area contributed by atoms with Crippen LogP contribution in [-0.4, -0.2) is 0 Å². The maximum Gasteiger partial charge on any atom is 0.0711 e. The van der Waals surface area contributed by atoms with Gasteiger partial charge in [0.05, 0.1) is 11.1 Å². The highest BCUT2D eigenvalue weighted by atomic mass is 127. The van der Waals surface area contributed by atoms with E-state index < -0.39 is 0 Å². The second-order valence-corrected chi connectivity index (χ2v) is 5.83. The van der Waals surface area contributed by atoms with Crippen LogP contribution in [0.4, 0.5) is 0 Å². The molecule has 2 rings (SSSR count). The molecule has 1 unspecified atom stereocenters. The summed E-state index contributed by atoms with van der Waals surface area (Å²) in [4.78, 5) is 0. The zero-order chi connectivity index (χ0) is 13.1. The van der Waals surface area contributed by atoms with Crippen molar-refractivity contribution < 1.29 is 0 Å². The van der Waals surface area contributed by atoms with E-state index in [-0.39, 0.29) is 6.04 Å². The molecule has 0 aliphatic rings. The summed E-state index contributed by atoms with van der Waals surface area (Å²) in [6, 6.07) is 13.3. The van der Waals surface area contributed by atoms with Crippen LogP contribution in [0.3, 0.4) is 0 Å². The van der Waals surface area contributed by atoms with E-state index >= 15 is 0 Å². The number of rotatable bonds is 3. The van der Waals surface area contributed by atoms with Crippen molar-refractivity contribution in [3.8, 4) is 0 Å². The molecule has 0 aromatic heterocycles. The minimum absolute atomic E-state index is 0.127. The predicted molar refractivity (Wildman–Crippen MR) is 84.8 cm³/mol. The summed E-state index contributed by atoms with van der Waals surface area (Å²) in [6.07, 6.45) is 0. The summed E-state index contributed by atoms with van der Waals surface area (Å²) >= 11 is 14.3. The van der Waals surface area contributed by atoms with Gasteiger partial charge in [-0.25, -0.2) is 5.43 Å². The summed E-state index contributed by atoms with van der Waals surface area (Å²) in [5, 5.41) is 1.40. The van der Waals surface area contributed by atoms with Crippen LogP contribution in [0.2, 0.25) is 10.0 Å². The minimum atomic E-state index is -0.127. The first-order chi connectivity index (χ1) is 8.61. The second-order valence-electron chi connectivity index (χ2n) is 3.83. The largest absolute Gasteiger partial charge is 0.271 e. The standard InChI is InChI=1S/C13H11Cl2IN2/c14-10-3-1-2-8(6-10)13(18-17)9-4-5-12(16)11(15)7-9/h1-7,13,18H,17H2. The van der Waals surface area contributed by atoms with Gasteiger partial charge < -0.3 is 0 Å². The third kappa shape index (κ3) is 3.16. The Labute approximate surface area is 130 Å². The van der Waals surface area contributed by atoms with Gasteiger partial charge >= 0.3 is 0 Å². The van der Waals surface area contributed by atoms with Crippen LogP contribution in [0, 0.1) is 3.57 Å². The predicted octanol–water partition coefficient (Wildman–Crippen LogP) is 4.15. The average molecular weight is 393 g/mol. The van der Waals surface area contributed by atoms with Gasteiger partial charge in [0, 0.05) is 8.59 Å². The number of nitrogens with two attached hydrogens (primary N) is 1. The van der Waals surface area contributed by atoms with Gasteiger partial charge in [0.1, 0.15) is 0 Å². The van der Waals surface area contributed by atoms with Crippen LogP contribution in [0.15, 0.2) is 42.5 Å². The summed E-state index contributed by atoms with van der Waals surface area (Å²) in [5.74, 6) is 5.64. The maximum absolute atomic E-state index is 6.13. The van der Waals surface area contributed by atoms with E-state index in [1.165, 1.54) is 0 Å². The van der Waals surface area contributed by atoms with Crippen molar-refractivity contribution in [3.63, 3.8) is 0 Å². The van der Waals surface area contributed by atoms with Crippen molar-refractivity contribution in [2.45, 2.75) is 6.04 Å². The third-order valence-corrected chi connectivity index (χ3v) is 4.43. The van der Waals surface area contributed by atoms with Gasteiger partial charge in [-0.3, -0.25) is 5.84 Å². The van der Waals surface area contributed by atoms with Gasteiger partial charge in [0.15, 0.2) is 0 Å². The van der Waals surface area contributed by atoms with Crippen LogP contribution >= 0.6 is 45.8 Å². The number of benzene rings is 2. The highest BCUT2D eigenvalue weighted by Crippen LogP contribution is 2.27. The summed E-state index contributed by atoms with van der Waals surface area (Å²) < 4.78 is 1.01. The molecule has 0 heterocycles. The molecule has 2 aromatic rings. The van der Waals surface area contributed by atoms with Crippen molar-refractivity contribution in [1.29, 1.82) is 0 Å². The summed E-state index contributed by atoms with van der Waals surface area (Å²) in [7, 11) is 0. The number of nitrogens with one attached hydrogen (secondary N) is 1. The SMILES string of the molecule is NNC(c1cccc(Cl)c1)c1ccc(I)c(Cl)c1. The second kappa shape index (κ2) is 6.21. The highest BCUT2D eigenvalue weighted by Gasteiger charge is 2.13. The molecule has 0 saturated carbocycles. The molecule has 0 aliphatic carbocycles. The summed E-state index contributed by atoms with van der Waals surface area (Å²) in [6.45, 7) is 0. The molecule has 0 fully saturated rings. The van der Waals surface area contributed by atoms with Gasteiger partial charge in [-0.15, -0.1) is 0 Å². The average Bonchev–Trinajstić information content (AvgIpc) is 2.35. The Morgan fingerprint density at radius 2 is 1.78 bits per heavy atom. The van der Waals surface area contributed by atoms with E-state index in [0.29, 0.717) is 5.02 Å². The lowest BCUT2D eigenvalue weighted by Gasteiger charge is -2.17. The first-order valence-corrected chi connectivity index (χ1v) is 7.12. The fourth-order valence-electron chi connectivity index (χ4n) is 1.76. The Kier molecular flexibility index (Phi) is 4.86. The van der Waals surface area contributed by atoms with Gasteiger partial charge in [-0.1, -0.05) is 41.4 Å². The lowest BCUT2D eigenvalue weighted by atomic mass is 9.99. The maximum atomic E-state index is 6.13. The fourth-order valence-corrected chi connectivity index (χ4v) is 2.49. The van der Waals surface area contributed by atoms with E-state index in [2.05, 4.69) is 28.0 Å². The molecule has 0 radical (unpaired) electrons. The number of hydrazine groups is 1. The van der Waals surface area contributed by atoms with Crippen LogP contribution < -0.4 is 11.3 Å². The summed E-state index contributed by atoms with van der Waals surface area (Å²) in [5.41, 5.74) is 4.80. The minimum Gasteiger partial charge on any atom is -0.271 e. The zero-order valence-electron chi connectivity index (χ0n) is 9.33. The molecule has 2 nitrogen and oxygen atoms in total. The molecule has 0 saturated heterocycles. The number of hydrogen-bond acceptors (Lipinski definition) is 2. The Morgan fingerprint density at radius 1 is 1.06 bits per heavy atom. The Balaban J connectivity index is 2.42. The quantitative estimate of drug-likeness (QED) is 0.467.